The number of benzene rings is 1. The predicted molar refractivity (Wildman–Crippen MR) is 126 cm³/mol. The van der Waals surface area contributed by atoms with Crippen molar-refractivity contribution in [1.29, 1.82) is 0 Å². The van der Waals surface area contributed by atoms with E-state index in [-0.39, 0.29) is 42.2 Å². The number of rotatable bonds is 6. The molecule has 33 heavy (non-hydrogen) atoms. The van der Waals surface area contributed by atoms with Gasteiger partial charge in [-0.2, -0.15) is 0 Å². The van der Waals surface area contributed by atoms with E-state index in [0.717, 1.165) is 42.2 Å². The summed E-state index contributed by atoms with van der Waals surface area (Å²) in [7, 11) is -0.448. The Hall–Kier alpha value is -1.83. The lowest BCUT2D eigenvalue weighted by Crippen LogP contribution is -2.51. The van der Waals surface area contributed by atoms with Crippen molar-refractivity contribution in [3.63, 3.8) is 0 Å². The molecule has 2 bridgehead atoms. The summed E-state index contributed by atoms with van der Waals surface area (Å²) in [5.41, 5.74) is 1.93. The smallest absolute Gasteiger partial charge is 0.464 e. The Balaban J connectivity index is 1.24. The van der Waals surface area contributed by atoms with Crippen LogP contribution in [-0.4, -0.2) is 43.4 Å². The minimum Gasteiger partial charge on any atom is -0.464 e. The fourth-order valence-corrected chi connectivity index (χ4v) is 6.60. The van der Waals surface area contributed by atoms with Crippen LogP contribution < -0.4 is 5.32 Å². The average Bonchev–Trinajstić information content (AvgIpc) is 3.61. The standard InChI is InChI=1S/C26H34BNO5/c1-15(2)18-7-5-9-23-25(18)33-27(32-23)24(12-16-14-30-21-8-4-3-6-19(16)21)28-26(29)20-13-17-10-11-22(20)31-17/h3-4,6,8,14-15,17-18,20,22-25H,5,7,9-13H2,1-2H3,(H,28,29)/t17?,18-,20?,22?,23?,24?,25?/m0/s1. The maximum atomic E-state index is 13.4. The van der Waals surface area contributed by atoms with E-state index in [2.05, 4.69) is 25.2 Å². The molecule has 4 heterocycles. The first-order valence-corrected chi connectivity index (χ1v) is 12.8. The van der Waals surface area contributed by atoms with Gasteiger partial charge in [0.25, 0.3) is 0 Å². The van der Waals surface area contributed by atoms with Crippen molar-refractivity contribution in [2.45, 2.75) is 89.2 Å². The molecule has 6 unspecified atom stereocenters. The van der Waals surface area contributed by atoms with Gasteiger partial charge in [0.1, 0.15) is 5.58 Å². The van der Waals surface area contributed by atoms with Gasteiger partial charge >= 0.3 is 7.12 Å². The molecule has 1 amide bonds. The Kier molecular flexibility index (Phi) is 5.75. The van der Waals surface area contributed by atoms with E-state index >= 15 is 0 Å². The van der Waals surface area contributed by atoms with Crippen LogP contribution in [0, 0.1) is 17.8 Å². The van der Waals surface area contributed by atoms with Crippen LogP contribution in [-0.2, 0) is 25.3 Å². The number of ether oxygens (including phenoxy) is 1. The second-order valence-corrected chi connectivity index (χ2v) is 10.8. The van der Waals surface area contributed by atoms with Gasteiger partial charge < -0.3 is 23.8 Å². The van der Waals surface area contributed by atoms with Crippen molar-refractivity contribution in [2.24, 2.45) is 17.8 Å². The third-order valence-corrected chi connectivity index (χ3v) is 8.37. The molecule has 7 atom stereocenters. The van der Waals surface area contributed by atoms with E-state index in [9.17, 15) is 4.79 Å². The van der Waals surface area contributed by atoms with Gasteiger partial charge in [0.2, 0.25) is 5.91 Å². The SMILES string of the molecule is CC(C)[C@@H]1CCCC2OB(C(Cc3coc4ccccc34)NC(=O)C3CC4CCC3O4)OC21. The molecule has 3 aliphatic heterocycles. The number of carbonyl (C=O) groups excluding carboxylic acids is 1. The summed E-state index contributed by atoms with van der Waals surface area (Å²) in [5.74, 6) is 0.786. The van der Waals surface area contributed by atoms with Crippen LogP contribution in [0.4, 0.5) is 0 Å². The van der Waals surface area contributed by atoms with Crippen LogP contribution in [0.25, 0.3) is 11.0 Å². The number of fused-ring (bicyclic) bond motifs is 4. The van der Waals surface area contributed by atoms with Crippen molar-refractivity contribution in [3.8, 4) is 0 Å². The molecule has 4 aliphatic rings. The highest BCUT2D eigenvalue weighted by Gasteiger charge is 2.51. The molecule has 1 aliphatic carbocycles. The third kappa shape index (κ3) is 4.02. The fourth-order valence-electron chi connectivity index (χ4n) is 6.60. The highest BCUT2D eigenvalue weighted by atomic mass is 16.7. The topological polar surface area (TPSA) is 69.9 Å². The number of para-hydroxylation sites is 1. The van der Waals surface area contributed by atoms with Crippen LogP contribution in [0.2, 0.25) is 0 Å². The van der Waals surface area contributed by atoms with Gasteiger partial charge in [0, 0.05) is 5.39 Å². The third-order valence-electron chi connectivity index (χ3n) is 8.37. The molecule has 1 aromatic heterocycles. The van der Waals surface area contributed by atoms with E-state index < -0.39 is 7.12 Å². The Morgan fingerprint density at radius 2 is 2.00 bits per heavy atom. The van der Waals surface area contributed by atoms with E-state index in [1.807, 2.05) is 24.5 Å². The summed E-state index contributed by atoms with van der Waals surface area (Å²) in [6.45, 7) is 4.55. The van der Waals surface area contributed by atoms with Crippen molar-refractivity contribution in [2.75, 3.05) is 0 Å². The summed E-state index contributed by atoms with van der Waals surface area (Å²) in [6.07, 6.45) is 9.21. The van der Waals surface area contributed by atoms with Crippen molar-refractivity contribution < 1.29 is 23.3 Å². The Labute approximate surface area is 195 Å². The zero-order valence-corrected chi connectivity index (χ0v) is 19.6. The average molecular weight is 451 g/mol. The van der Waals surface area contributed by atoms with E-state index in [1.165, 1.54) is 12.8 Å². The highest BCUT2D eigenvalue weighted by molar-refractivity contribution is 6.47. The maximum Gasteiger partial charge on any atom is 0.481 e. The van der Waals surface area contributed by atoms with Gasteiger partial charge in [-0.15, -0.1) is 0 Å². The summed E-state index contributed by atoms with van der Waals surface area (Å²) < 4.78 is 24.8. The number of amides is 1. The van der Waals surface area contributed by atoms with Gasteiger partial charge in [-0.05, 0) is 62.0 Å². The van der Waals surface area contributed by atoms with Gasteiger partial charge in [-0.3, -0.25) is 4.79 Å². The van der Waals surface area contributed by atoms with Crippen LogP contribution in [0.15, 0.2) is 34.9 Å². The first-order valence-electron chi connectivity index (χ1n) is 12.8. The highest BCUT2D eigenvalue weighted by Crippen LogP contribution is 2.41. The van der Waals surface area contributed by atoms with E-state index in [1.54, 1.807) is 0 Å². The van der Waals surface area contributed by atoms with E-state index in [4.69, 9.17) is 18.5 Å². The fraction of sp³-hybridized carbons (Fsp3) is 0.654. The summed E-state index contributed by atoms with van der Waals surface area (Å²) in [4.78, 5) is 13.4. The number of hydrogen-bond donors (Lipinski definition) is 1. The summed E-state index contributed by atoms with van der Waals surface area (Å²) in [6, 6.07) is 8.04. The number of hydrogen-bond acceptors (Lipinski definition) is 5. The molecule has 0 spiro atoms. The molecule has 3 saturated heterocycles. The minimum absolute atomic E-state index is 0.0590. The summed E-state index contributed by atoms with van der Waals surface area (Å²) >= 11 is 0. The lowest BCUT2D eigenvalue weighted by atomic mass is 9.74. The predicted octanol–water partition coefficient (Wildman–Crippen LogP) is 4.30. The first kappa shape index (κ1) is 21.7. The molecular formula is C26H34BNO5. The van der Waals surface area contributed by atoms with Crippen LogP contribution in [0.3, 0.4) is 0 Å². The number of furan rings is 1. The molecule has 1 aromatic carbocycles. The Morgan fingerprint density at radius 1 is 1.12 bits per heavy atom. The van der Waals surface area contributed by atoms with Crippen LogP contribution >= 0.6 is 0 Å². The van der Waals surface area contributed by atoms with Crippen molar-refractivity contribution in [3.05, 3.63) is 36.1 Å². The molecule has 1 saturated carbocycles. The molecular weight excluding hydrogens is 417 g/mol. The van der Waals surface area contributed by atoms with Gasteiger partial charge in [-0.1, -0.05) is 38.5 Å². The molecule has 176 valence electrons. The van der Waals surface area contributed by atoms with Crippen LogP contribution in [0.5, 0.6) is 0 Å². The monoisotopic (exact) mass is 451 g/mol. The molecule has 1 N–H and O–H groups in total. The number of nitrogens with one attached hydrogen (secondary N) is 1. The molecule has 7 heteroatoms. The molecule has 6 nitrogen and oxygen atoms in total. The lowest BCUT2D eigenvalue weighted by molar-refractivity contribution is -0.126. The zero-order valence-electron chi connectivity index (χ0n) is 19.6. The van der Waals surface area contributed by atoms with Gasteiger partial charge in [-0.25, -0.2) is 0 Å². The van der Waals surface area contributed by atoms with Crippen LogP contribution in [0.1, 0.15) is 57.9 Å². The second kappa shape index (κ2) is 8.75. The van der Waals surface area contributed by atoms with Crippen molar-refractivity contribution >= 4 is 24.0 Å². The van der Waals surface area contributed by atoms with Gasteiger partial charge in [0.15, 0.2) is 0 Å². The molecule has 4 fully saturated rings. The quantitative estimate of drug-likeness (QED) is 0.664. The van der Waals surface area contributed by atoms with Gasteiger partial charge in [0.05, 0.1) is 42.5 Å². The Morgan fingerprint density at radius 3 is 2.79 bits per heavy atom. The minimum atomic E-state index is -0.448. The first-order chi connectivity index (χ1) is 16.1. The van der Waals surface area contributed by atoms with E-state index in [0.29, 0.717) is 18.3 Å². The summed E-state index contributed by atoms with van der Waals surface area (Å²) in [5, 5.41) is 4.41. The molecule has 6 rings (SSSR count). The number of carbonyl (C=O) groups is 1. The molecule has 2 aromatic rings. The van der Waals surface area contributed by atoms with Crippen molar-refractivity contribution in [1.82, 2.24) is 5.32 Å². The Bertz CT molecular complexity index is 1010. The second-order valence-electron chi connectivity index (χ2n) is 10.8. The normalized spacial score (nSPS) is 34.2. The maximum absolute atomic E-state index is 13.4. The largest absolute Gasteiger partial charge is 0.481 e. The molecule has 0 radical (unpaired) electrons. The zero-order chi connectivity index (χ0) is 22.5. The lowest BCUT2D eigenvalue weighted by Gasteiger charge is -2.34.